The van der Waals surface area contributed by atoms with Crippen LogP contribution in [0.3, 0.4) is 0 Å². The molecule has 0 unspecified atom stereocenters. The van der Waals surface area contributed by atoms with Crippen LogP contribution in [0.2, 0.25) is 0 Å². The number of benzene rings is 1. The number of rotatable bonds is 4. The summed E-state index contributed by atoms with van der Waals surface area (Å²) >= 11 is 0. The molecule has 0 spiro atoms. The predicted octanol–water partition coefficient (Wildman–Crippen LogP) is 0.675. The Bertz CT molecular complexity index is 1110. The van der Waals surface area contributed by atoms with Crippen molar-refractivity contribution in [2.75, 3.05) is 28.6 Å². The van der Waals surface area contributed by atoms with Gasteiger partial charge in [-0.15, -0.1) is 0 Å². The van der Waals surface area contributed by atoms with E-state index in [1.54, 1.807) is 11.0 Å². The second-order valence-electron chi connectivity index (χ2n) is 7.59. The van der Waals surface area contributed by atoms with E-state index in [2.05, 4.69) is 20.6 Å². The molecule has 0 radical (unpaired) electrons. The fourth-order valence-corrected chi connectivity index (χ4v) is 3.89. The number of anilines is 3. The van der Waals surface area contributed by atoms with E-state index >= 15 is 0 Å². The number of nitrogens with zero attached hydrogens (tertiary/aromatic N) is 2. The Balaban J connectivity index is 1.60. The zero-order valence-electron chi connectivity index (χ0n) is 16.5. The maximum absolute atomic E-state index is 13.9. The van der Waals surface area contributed by atoms with Gasteiger partial charge in [0.05, 0.1) is 17.2 Å². The lowest BCUT2D eigenvalue weighted by Crippen LogP contribution is -2.41. The van der Waals surface area contributed by atoms with Gasteiger partial charge in [-0.05, 0) is 25.0 Å². The third-order valence-corrected chi connectivity index (χ3v) is 5.58. The van der Waals surface area contributed by atoms with Gasteiger partial charge in [-0.25, -0.2) is 4.39 Å². The Morgan fingerprint density at radius 2 is 1.90 bits per heavy atom. The van der Waals surface area contributed by atoms with Gasteiger partial charge >= 0.3 is 0 Å². The number of amides is 3. The normalized spacial score (nSPS) is 18.8. The number of carbonyl (C=O) groups excluding carboxylic acids is 3. The molecule has 0 bridgehead atoms. The van der Waals surface area contributed by atoms with E-state index in [0.29, 0.717) is 25.9 Å². The summed E-state index contributed by atoms with van der Waals surface area (Å²) in [7, 11) is 0. The first-order chi connectivity index (χ1) is 14.8. The van der Waals surface area contributed by atoms with Gasteiger partial charge in [-0.2, -0.15) is 4.98 Å². The number of fused-ring (bicyclic) bond motifs is 1. The lowest BCUT2D eigenvalue weighted by atomic mass is 9.92. The molecule has 31 heavy (non-hydrogen) atoms. The maximum atomic E-state index is 13.9. The van der Waals surface area contributed by atoms with Crippen molar-refractivity contribution in [3.63, 3.8) is 0 Å². The molecule has 1 saturated heterocycles. The minimum absolute atomic E-state index is 0.000656. The van der Waals surface area contributed by atoms with Crippen molar-refractivity contribution in [3.8, 4) is 0 Å². The molecule has 1 aromatic carbocycles. The van der Waals surface area contributed by atoms with Crippen LogP contribution in [-0.4, -0.2) is 40.8 Å². The largest absolute Gasteiger partial charge is 0.369 e. The molecule has 4 rings (SSSR count). The Morgan fingerprint density at radius 3 is 2.58 bits per heavy atom. The molecule has 162 valence electrons. The molecule has 10 nitrogen and oxygen atoms in total. The number of nitrogens with one attached hydrogen (secondary N) is 3. The van der Waals surface area contributed by atoms with Crippen molar-refractivity contribution >= 4 is 35.2 Å². The van der Waals surface area contributed by atoms with E-state index in [4.69, 9.17) is 5.73 Å². The Labute approximate surface area is 176 Å². The number of H-pyrrole nitrogens is 1. The van der Waals surface area contributed by atoms with Gasteiger partial charge < -0.3 is 21.3 Å². The number of nitrogens with two attached hydrogens (primary N) is 1. The second kappa shape index (κ2) is 8.17. The zero-order valence-corrected chi connectivity index (χ0v) is 16.5. The van der Waals surface area contributed by atoms with Crippen LogP contribution in [0.1, 0.15) is 30.7 Å². The first-order valence-corrected chi connectivity index (χ1v) is 9.87. The molecule has 0 aliphatic carbocycles. The summed E-state index contributed by atoms with van der Waals surface area (Å²) in [5.41, 5.74) is 4.76. The van der Waals surface area contributed by atoms with Crippen molar-refractivity contribution in [1.82, 2.24) is 9.97 Å². The lowest BCUT2D eigenvalue weighted by Gasteiger charge is -2.32. The molecule has 3 amide bonds. The lowest BCUT2D eigenvalue weighted by molar-refractivity contribution is -0.123. The average molecular weight is 428 g/mol. The summed E-state index contributed by atoms with van der Waals surface area (Å²) in [6.07, 6.45) is 0.785. The Kier molecular flexibility index (Phi) is 5.40. The highest BCUT2D eigenvalue weighted by Gasteiger charge is 2.36. The topological polar surface area (TPSA) is 150 Å². The number of primary amides is 1. The van der Waals surface area contributed by atoms with Crippen LogP contribution in [0, 0.1) is 11.7 Å². The van der Waals surface area contributed by atoms with Gasteiger partial charge in [0.2, 0.25) is 23.7 Å². The van der Waals surface area contributed by atoms with E-state index in [-0.39, 0.29) is 41.3 Å². The molecular weight excluding hydrogens is 407 g/mol. The number of piperidine rings is 1. The molecule has 11 heteroatoms. The highest BCUT2D eigenvalue weighted by molar-refractivity contribution is 6.04. The van der Waals surface area contributed by atoms with Crippen LogP contribution in [-0.2, 0) is 14.4 Å². The minimum atomic E-state index is -1.12. The summed E-state index contributed by atoms with van der Waals surface area (Å²) in [5.74, 6) is -3.24. The third-order valence-electron chi connectivity index (χ3n) is 5.58. The first-order valence-electron chi connectivity index (χ1n) is 9.87. The van der Waals surface area contributed by atoms with Gasteiger partial charge in [-0.1, -0.05) is 12.1 Å². The van der Waals surface area contributed by atoms with Crippen LogP contribution in [0.5, 0.6) is 0 Å². The van der Waals surface area contributed by atoms with E-state index in [9.17, 15) is 23.6 Å². The second-order valence-corrected chi connectivity index (χ2v) is 7.59. The first kappa shape index (κ1) is 20.5. The average Bonchev–Trinajstić information content (AvgIpc) is 2.74. The van der Waals surface area contributed by atoms with Gasteiger partial charge in [-0.3, -0.25) is 24.2 Å². The van der Waals surface area contributed by atoms with Gasteiger partial charge in [0.25, 0.3) is 5.56 Å². The molecule has 2 aromatic rings. The highest BCUT2D eigenvalue weighted by Crippen LogP contribution is 2.31. The summed E-state index contributed by atoms with van der Waals surface area (Å²) in [4.78, 5) is 58.0. The number of carbonyl (C=O) groups is 3. The van der Waals surface area contributed by atoms with Crippen molar-refractivity contribution in [3.05, 3.63) is 46.0 Å². The zero-order chi connectivity index (χ0) is 22.1. The van der Waals surface area contributed by atoms with Crippen molar-refractivity contribution in [1.29, 1.82) is 0 Å². The quantitative estimate of drug-likeness (QED) is 0.562. The van der Waals surface area contributed by atoms with Gasteiger partial charge in [0.1, 0.15) is 11.6 Å². The SMILES string of the molecule is NC(=O)C1CCN(c2nc3c(c(=O)[nH]2)[C@H](C(=O)Nc2ccccc2F)CC(=O)N3)CC1. The summed E-state index contributed by atoms with van der Waals surface area (Å²) < 4.78 is 13.9. The molecule has 1 fully saturated rings. The van der Waals surface area contributed by atoms with Crippen LogP contribution in [0.15, 0.2) is 29.1 Å². The minimum Gasteiger partial charge on any atom is -0.369 e. The highest BCUT2D eigenvalue weighted by atomic mass is 19.1. The monoisotopic (exact) mass is 428 g/mol. The fraction of sp³-hybridized carbons (Fsp3) is 0.350. The molecule has 5 N–H and O–H groups in total. The molecule has 2 aliphatic heterocycles. The van der Waals surface area contributed by atoms with Crippen molar-refractivity contribution in [2.45, 2.75) is 25.2 Å². The molecule has 0 saturated carbocycles. The van der Waals surface area contributed by atoms with Crippen LogP contribution in [0.4, 0.5) is 21.8 Å². The van der Waals surface area contributed by atoms with Crippen LogP contribution >= 0.6 is 0 Å². The number of hydrogen-bond acceptors (Lipinski definition) is 6. The molecular formula is C20H21FN6O4. The van der Waals surface area contributed by atoms with Crippen molar-refractivity contribution in [2.24, 2.45) is 11.7 Å². The fourth-order valence-electron chi connectivity index (χ4n) is 3.89. The number of aromatic nitrogens is 2. The third kappa shape index (κ3) is 4.11. The Hall–Kier alpha value is -3.76. The molecule has 1 aromatic heterocycles. The molecule has 3 heterocycles. The van der Waals surface area contributed by atoms with Crippen molar-refractivity contribution < 1.29 is 18.8 Å². The van der Waals surface area contributed by atoms with E-state index < -0.39 is 29.1 Å². The van der Waals surface area contributed by atoms with E-state index in [1.165, 1.54) is 18.2 Å². The maximum Gasteiger partial charge on any atom is 0.258 e. The molecule has 2 aliphatic rings. The Morgan fingerprint density at radius 1 is 1.19 bits per heavy atom. The standard InChI is InChI=1S/C20H21FN6O4/c21-12-3-1-2-4-13(12)23-18(30)11-9-14(28)24-17-15(11)19(31)26-20(25-17)27-7-5-10(6-8-27)16(22)29/h1-4,10-11H,5-9H2,(H2,22,29)(H,23,30)(H2,24,25,26,28,31)/t11-/m1/s1. The van der Waals surface area contributed by atoms with Gasteiger partial charge in [0.15, 0.2) is 0 Å². The number of aromatic amines is 1. The summed E-state index contributed by atoms with van der Waals surface area (Å²) in [5, 5.41) is 4.98. The summed E-state index contributed by atoms with van der Waals surface area (Å²) in [6, 6.07) is 5.62. The van der Waals surface area contributed by atoms with Gasteiger partial charge in [0, 0.05) is 25.4 Å². The van der Waals surface area contributed by atoms with Crippen LogP contribution in [0.25, 0.3) is 0 Å². The molecule has 1 atom stereocenters. The smallest absolute Gasteiger partial charge is 0.258 e. The summed E-state index contributed by atoms with van der Waals surface area (Å²) in [6.45, 7) is 0.918. The number of para-hydroxylation sites is 1. The van der Waals surface area contributed by atoms with E-state index in [0.717, 1.165) is 0 Å². The van der Waals surface area contributed by atoms with E-state index in [1.807, 2.05) is 0 Å². The van der Waals surface area contributed by atoms with Crippen LogP contribution < -0.4 is 26.8 Å². The predicted molar refractivity (Wildman–Crippen MR) is 110 cm³/mol. The number of hydrogen-bond donors (Lipinski definition) is 4. The number of halogens is 1.